The van der Waals surface area contributed by atoms with Gasteiger partial charge in [0, 0.05) is 6.54 Å². The molecule has 1 aromatic heterocycles. The third-order valence-electron chi connectivity index (χ3n) is 4.53. The fourth-order valence-electron chi connectivity index (χ4n) is 3.23. The van der Waals surface area contributed by atoms with E-state index < -0.39 is 11.7 Å². The number of aromatic carboxylic acids is 1. The van der Waals surface area contributed by atoms with Crippen LogP contribution in [-0.4, -0.2) is 45.2 Å². The van der Waals surface area contributed by atoms with E-state index >= 15 is 0 Å². The largest absolute Gasteiger partial charge is 0.478 e. The highest BCUT2D eigenvalue weighted by molar-refractivity contribution is 5.92. The second-order valence-electron chi connectivity index (χ2n) is 6.21. The Morgan fingerprint density at radius 1 is 1.12 bits per heavy atom. The van der Waals surface area contributed by atoms with E-state index in [4.69, 9.17) is 5.11 Å². The Kier molecular flexibility index (Phi) is 4.80. The predicted octanol–water partition coefficient (Wildman–Crippen LogP) is 1.26. The Bertz CT molecular complexity index is 862. The summed E-state index contributed by atoms with van der Waals surface area (Å²) in [5.74, 6) is -1.09. The monoisotopic (exact) mass is 331 g/mol. The number of rotatable bonds is 5. The van der Waals surface area contributed by atoms with Crippen molar-refractivity contribution in [1.82, 2.24) is 14.5 Å². The third-order valence-corrected chi connectivity index (χ3v) is 4.53. The molecule has 1 saturated heterocycles. The lowest BCUT2D eigenvalue weighted by Crippen LogP contribution is -2.37. The van der Waals surface area contributed by atoms with E-state index in [1.807, 2.05) is 0 Å². The van der Waals surface area contributed by atoms with Crippen LogP contribution in [0.25, 0.3) is 10.9 Å². The summed E-state index contributed by atoms with van der Waals surface area (Å²) in [4.78, 5) is 40.6. The molecule has 7 heteroatoms. The summed E-state index contributed by atoms with van der Waals surface area (Å²) in [7, 11) is 0. The van der Waals surface area contributed by atoms with Gasteiger partial charge in [0.05, 0.1) is 16.5 Å². The summed E-state index contributed by atoms with van der Waals surface area (Å²) in [6.45, 7) is 3.41. The molecule has 1 fully saturated rings. The van der Waals surface area contributed by atoms with E-state index in [9.17, 15) is 14.4 Å². The Morgan fingerprint density at radius 3 is 2.58 bits per heavy atom. The van der Waals surface area contributed by atoms with E-state index in [2.05, 4.69) is 9.88 Å². The number of H-pyrrole nitrogens is 1. The molecule has 2 N–H and O–H groups in total. The summed E-state index contributed by atoms with van der Waals surface area (Å²) in [5, 5.41) is 9.33. The van der Waals surface area contributed by atoms with Crippen LogP contribution in [-0.2, 0) is 6.54 Å². The van der Waals surface area contributed by atoms with Crippen LogP contribution in [0.5, 0.6) is 0 Å². The molecule has 0 radical (unpaired) electrons. The number of nitrogens with zero attached hydrogens (tertiary/aromatic N) is 2. The smallest absolute Gasteiger partial charge is 0.335 e. The topological polar surface area (TPSA) is 95.4 Å². The van der Waals surface area contributed by atoms with Crippen molar-refractivity contribution in [2.45, 2.75) is 32.2 Å². The lowest BCUT2D eigenvalue weighted by molar-refractivity contribution is 0.0697. The first-order chi connectivity index (χ1) is 11.6. The highest BCUT2D eigenvalue weighted by Gasteiger charge is 2.12. The zero-order valence-corrected chi connectivity index (χ0v) is 13.5. The number of hydrogen-bond acceptors (Lipinski definition) is 4. The molecule has 0 bridgehead atoms. The third kappa shape index (κ3) is 3.41. The SMILES string of the molecule is O=C(O)c1ccc2c(=O)n(CCCN3CCCCC3)c(=O)[nH]c2c1. The quantitative estimate of drug-likeness (QED) is 0.860. The minimum absolute atomic E-state index is 0.0420. The summed E-state index contributed by atoms with van der Waals surface area (Å²) < 4.78 is 1.20. The van der Waals surface area contributed by atoms with Crippen molar-refractivity contribution in [2.75, 3.05) is 19.6 Å². The first kappa shape index (κ1) is 16.4. The maximum absolute atomic E-state index is 12.5. The normalized spacial score (nSPS) is 15.7. The lowest BCUT2D eigenvalue weighted by atomic mass is 10.1. The molecule has 0 saturated carbocycles. The predicted molar refractivity (Wildman–Crippen MR) is 90.7 cm³/mol. The van der Waals surface area contributed by atoms with Gasteiger partial charge in [0.1, 0.15) is 0 Å². The number of carboxylic acid groups (broad SMARTS) is 1. The van der Waals surface area contributed by atoms with Crippen LogP contribution in [0.15, 0.2) is 27.8 Å². The van der Waals surface area contributed by atoms with E-state index in [1.54, 1.807) is 0 Å². The zero-order chi connectivity index (χ0) is 17.1. The number of piperidine rings is 1. The van der Waals surface area contributed by atoms with Crippen molar-refractivity contribution < 1.29 is 9.90 Å². The molecule has 24 heavy (non-hydrogen) atoms. The number of nitrogens with one attached hydrogen (secondary N) is 1. The molecular weight excluding hydrogens is 310 g/mol. The Labute approximate surface area is 138 Å². The molecule has 2 aromatic rings. The highest BCUT2D eigenvalue weighted by atomic mass is 16.4. The fourth-order valence-corrected chi connectivity index (χ4v) is 3.23. The van der Waals surface area contributed by atoms with E-state index in [1.165, 1.54) is 42.0 Å². The molecule has 1 aromatic carbocycles. The average molecular weight is 331 g/mol. The van der Waals surface area contributed by atoms with Gasteiger partial charge in [-0.25, -0.2) is 9.59 Å². The molecule has 0 unspecified atom stereocenters. The summed E-state index contributed by atoms with van der Waals surface area (Å²) in [6, 6.07) is 4.15. The standard InChI is InChI=1S/C17H21N3O4/c21-15-13-6-5-12(16(22)23)11-14(13)18-17(24)20(15)10-4-9-19-7-2-1-3-8-19/h5-6,11H,1-4,7-10H2,(H,18,24)(H,22,23). The van der Waals surface area contributed by atoms with E-state index in [0.29, 0.717) is 11.9 Å². The van der Waals surface area contributed by atoms with Crippen molar-refractivity contribution in [3.05, 3.63) is 44.6 Å². The van der Waals surface area contributed by atoms with Crippen molar-refractivity contribution in [3.8, 4) is 0 Å². The Balaban J connectivity index is 1.80. The van der Waals surface area contributed by atoms with Crippen LogP contribution in [0.2, 0.25) is 0 Å². The van der Waals surface area contributed by atoms with Crippen LogP contribution in [0.4, 0.5) is 0 Å². The van der Waals surface area contributed by atoms with Gasteiger partial charge in [0.15, 0.2) is 0 Å². The zero-order valence-electron chi connectivity index (χ0n) is 13.5. The van der Waals surface area contributed by atoms with Crippen LogP contribution >= 0.6 is 0 Å². The number of carboxylic acids is 1. The molecule has 0 amide bonds. The van der Waals surface area contributed by atoms with Gasteiger partial charge in [-0.2, -0.15) is 0 Å². The number of benzene rings is 1. The molecule has 2 heterocycles. The molecular formula is C17H21N3O4. The minimum atomic E-state index is -1.09. The number of hydrogen-bond donors (Lipinski definition) is 2. The van der Waals surface area contributed by atoms with Gasteiger partial charge in [-0.15, -0.1) is 0 Å². The molecule has 7 nitrogen and oxygen atoms in total. The number of aromatic amines is 1. The van der Waals surface area contributed by atoms with Crippen molar-refractivity contribution >= 4 is 16.9 Å². The van der Waals surface area contributed by atoms with Crippen LogP contribution in [0.3, 0.4) is 0 Å². The second kappa shape index (κ2) is 7.00. The molecule has 0 spiro atoms. The number of fused-ring (bicyclic) bond motifs is 1. The first-order valence-electron chi connectivity index (χ1n) is 8.29. The maximum atomic E-state index is 12.5. The first-order valence-corrected chi connectivity index (χ1v) is 8.29. The van der Waals surface area contributed by atoms with Crippen molar-refractivity contribution in [1.29, 1.82) is 0 Å². The van der Waals surface area contributed by atoms with Crippen molar-refractivity contribution in [3.63, 3.8) is 0 Å². The summed E-state index contributed by atoms with van der Waals surface area (Å²) >= 11 is 0. The molecule has 1 aliphatic rings. The lowest BCUT2D eigenvalue weighted by Gasteiger charge is -2.26. The molecule has 128 valence electrons. The average Bonchev–Trinajstić information content (AvgIpc) is 2.58. The van der Waals surface area contributed by atoms with Crippen LogP contribution in [0.1, 0.15) is 36.0 Å². The Morgan fingerprint density at radius 2 is 1.88 bits per heavy atom. The highest BCUT2D eigenvalue weighted by Crippen LogP contribution is 2.10. The van der Waals surface area contributed by atoms with E-state index in [-0.39, 0.29) is 16.6 Å². The van der Waals surface area contributed by atoms with Gasteiger partial charge in [0.2, 0.25) is 0 Å². The van der Waals surface area contributed by atoms with Gasteiger partial charge in [-0.3, -0.25) is 9.36 Å². The van der Waals surface area contributed by atoms with Gasteiger partial charge in [-0.1, -0.05) is 6.42 Å². The number of aromatic nitrogens is 2. The fraction of sp³-hybridized carbons (Fsp3) is 0.471. The second-order valence-corrected chi connectivity index (χ2v) is 6.21. The number of likely N-dealkylation sites (tertiary alicyclic amines) is 1. The number of carbonyl (C=O) groups is 1. The van der Waals surface area contributed by atoms with Gasteiger partial charge in [-0.05, 0) is 57.1 Å². The van der Waals surface area contributed by atoms with Gasteiger partial charge in [0.25, 0.3) is 5.56 Å². The van der Waals surface area contributed by atoms with Crippen molar-refractivity contribution in [2.24, 2.45) is 0 Å². The van der Waals surface area contributed by atoms with Gasteiger partial charge < -0.3 is 15.0 Å². The molecule has 0 aliphatic carbocycles. The van der Waals surface area contributed by atoms with Crippen LogP contribution in [0, 0.1) is 0 Å². The van der Waals surface area contributed by atoms with Gasteiger partial charge >= 0.3 is 11.7 Å². The molecule has 3 rings (SSSR count). The Hall–Kier alpha value is -2.41. The molecule has 0 atom stereocenters. The maximum Gasteiger partial charge on any atom is 0.335 e. The van der Waals surface area contributed by atoms with E-state index in [0.717, 1.165) is 26.1 Å². The summed E-state index contributed by atoms with van der Waals surface area (Å²) in [5.41, 5.74) is -0.560. The summed E-state index contributed by atoms with van der Waals surface area (Å²) in [6.07, 6.45) is 4.44. The van der Waals surface area contributed by atoms with Crippen LogP contribution < -0.4 is 11.2 Å². The minimum Gasteiger partial charge on any atom is -0.478 e. The molecule has 1 aliphatic heterocycles.